The molecule has 0 saturated heterocycles. The number of carbonyl (C=O) groups excluding carboxylic acids is 1. The zero-order valence-electron chi connectivity index (χ0n) is 14.8. The van der Waals surface area contributed by atoms with Gasteiger partial charge in [0.2, 0.25) is 0 Å². The van der Waals surface area contributed by atoms with E-state index in [4.69, 9.17) is 4.18 Å². The first-order valence-electron chi connectivity index (χ1n) is 7.71. The highest BCUT2D eigenvalue weighted by Gasteiger charge is 2.22. The molecule has 1 N–H and O–H groups in total. The van der Waals surface area contributed by atoms with Crippen molar-refractivity contribution in [1.82, 2.24) is 4.98 Å². The summed E-state index contributed by atoms with van der Waals surface area (Å²) in [4.78, 5) is 16.4. The first-order chi connectivity index (χ1) is 12.5. The van der Waals surface area contributed by atoms with E-state index in [-0.39, 0.29) is 27.1 Å². The highest BCUT2D eigenvalue weighted by Crippen LogP contribution is 2.26. The number of thiazole rings is 1. The molecule has 0 unspecified atom stereocenters. The third-order valence-corrected chi connectivity index (χ3v) is 6.77. The summed E-state index contributed by atoms with van der Waals surface area (Å²) >= 11 is 1.16. The highest BCUT2D eigenvalue weighted by molar-refractivity contribution is 7.91. The van der Waals surface area contributed by atoms with Gasteiger partial charge in [-0.25, -0.2) is 13.4 Å². The molecule has 1 aromatic carbocycles. The van der Waals surface area contributed by atoms with Crippen LogP contribution in [0.5, 0.6) is 5.75 Å². The lowest BCUT2D eigenvalue weighted by atomic mass is 10.2. The number of hydrogen-bond donors (Lipinski definition) is 1. The number of sulfone groups is 1. The van der Waals surface area contributed by atoms with Crippen LogP contribution < -0.4 is 9.50 Å². The summed E-state index contributed by atoms with van der Waals surface area (Å²) in [5, 5.41) is 5.32. The maximum Gasteiger partial charge on any atom is 0.332 e. The largest absolute Gasteiger partial charge is 0.379 e. The molecule has 0 aliphatic rings. The molecule has 1 amide bonds. The van der Waals surface area contributed by atoms with E-state index in [0.29, 0.717) is 5.57 Å². The molecule has 11 heteroatoms. The summed E-state index contributed by atoms with van der Waals surface area (Å²) in [7, 11) is -7.72. The number of allylic oxidation sites excluding steroid dienone is 1. The van der Waals surface area contributed by atoms with Crippen molar-refractivity contribution < 1.29 is 25.8 Å². The number of amides is 1. The fourth-order valence-electron chi connectivity index (χ4n) is 2.01. The third-order valence-electron chi connectivity index (χ3n) is 3.17. The van der Waals surface area contributed by atoms with Crippen molar-refractivity contribution in [3.8, 4) is 5.75 Å². The van der Waals surface area contributed by atoms with Crippen LogP contribution in [0.4, 0.5) is 5.13 Å². The predicted molar refractivity (Wildman–Crippen MR) is 103 cm³/mol. The Morgan fingerprint density at radius 2 is 1.96 bits per heavy atom. The molecule has 0 atom stereocenters. The third kappa shape index (κ3) is 5.62. The number of nitrogens with zero attached hydrogens (tertiary/aromatic N) is 1. The van der Waals surface area contributed by atoms with Crippen LogP contribution in [-0.4, -0.2) is 33.5 Å². The first-order valence-corrected chi connectivity index (χ1v) is 11.7. The maximum absolute atomic E-state index is 12.6. The van der Waals surface area contributed by atoms with Crippen LogP contribution in [0.3, 0.4) is 0 Å². The van der Waals surface area contributed by atoms with Crippen molar-refractivity contribution in [3.63, 3.8) is 0 Å². The van der Waals surface area contributed by atoms with Crippen molar-refractivity contribution in [2.24, 2.45) is 0 Å². The van der Waals surface area contributed by atoms with Crippen LogP contribution >= 0.6 is 11.3 Å². The van der Waals surface area contributed by atoms with Crippen molar-refractivity contribution >= 4 is 42.3 Å². The minimum Gasteiger partial charge on any atom is -0.379 e. The predicted octanol–water partition coefficient (Wildman–Crippen LogP) is 2.82. The van der Waals surface area contributed by atoms with E-state index in [1.54, 1.807) is 19.2 Å². The summed E-state index contributed by atoms with van der Waals surface area (Å²) < 4.78 is 53.4. The van der Waals surface area contributed by atoms with Crippen molar-refractivity contribution in [2.45, 2.75) is 25.7 Å². The minimum atomic E-state index is -4.11. The first kappa shape index (κ1) is 21.1. The molecule has 27 heavy (non-hydrogen) atoms. The topological polar surface area (TPSA) is 120 Å². The molecule has 2 aromatic rings. The Bertz CT molecular complexity index is 1070. The van der Waals surface area contributed by atoms with Gasteiger partial charge in [-0.05, 0) is 32.0 Å². The smallest absolute Gasteiger partial charge is 0.332 e. The van der Waals surface area contributed by atoms with Crippen LogP contribution in [0.1, 0.15) is 31.1 Å². The Kier molecular flexibility index (Phi) is 6.39. The van der Waals surface area contributed by atoms with Crippen molar-refractivity contribution in [2.75, 3.05) is 11.1 Å². The SMILES string of the molecule is CCS(=O)(=O)c1ccc(OS(=O)(=O)C=C(C)C)c(C(=O)Nc2nccs2)c1. The van der Waals surface area contributed by atoms with E-state index in [0.717, 1.165) is 28.9 Å². The summed E-state index contributed by atoms with van der Waals surface area (Å²) in [6, 6.07) is 3.44. The van der Waals surface area contributed by atoms with E-state index < -0.39 is 25.9 Å². The molecule has 0 fully saturated rings. The summed E-state index contributed by atoms with van der Waals surface area (Å²) in [5.74, 6) is -1.19. The molecular formula is C16H18N2O6S3. The Balaban J connectivity index is 2.52. The summed E-state index contributed by atoms with van der Waals surface area (Å²) in [6.45, 7) is 4.62. The van der Waals surface area contributed by atoms with Gasteiger partial charge >= 0.3 is 10.1 Å². The number of carbonyl (C=O) groups is 1. The fraction of sp³-hybridized carbons (Fsp3) is 0.250. The molecule has 0 radical (unpaired) electrons. The summed E-state index contributed by atoms with van der Waals surface area (Å²) in [5.41, 5.74) is 0.249. The number of rotatable bonds is 7. The zero-order valence-corrected chi connectivity index (χ0v) is 17.2. The molecule has 0 aliphatic carbocycles. The standard InChI is InChI=1S/C16H18N2O6S3/c1-4-26(20,21)12-5-6-14(24-27(22,23)10-11(2)3)13(9-12)15(19)18-16-17-7-8-25-16/h5-10H,4H2,1-3H3,(H,17,18,19). The Morgan fingerprint density at radius 3 is 2.52 bits per heavy atom. The highest BCUT2D eigenvalue weighted by atomic mass is 32.2. The zero-order chi connectivity index (χ0) is 20.2. The average Bonchev–Trinajstić information content (AvgIpc) is 3.06. The molecule has 0 spiro atoms. The normalized spacial score (nSPS) is 11.7. The van der Waals surface area contributed by atoms with Gasteiger partial charge < -0.3 is 4.18 Å². The van der Waals surface area contributed by atoms with Gasteiger partial charge in [0.05, 0.1) is 21.6 Å². The number of benzene rings is 1. The lowest BCUT2D eigenvalue weighted by Crippen LogP contribution is -2.16. The number of anilines is 1. The minimum absolute atomic E-state index is 0.110. The fourth-order valence-corrected chi connectivity index (χ4v) is 4.46. The average molecular weight is 431 g/mol. The van der Waals surface area contributed by atoms with Crippen molar-refractivity contribution in [3.05, 3.63) is 46.3 Å². The summed E-state index contributed by atoms with van der Waals surface area (Å²) in [6.07, 6.45) is 1.48. The second kappa shape index (κ2) is 8.19. The monoisotopic (exact) mass is 430 g/mol. The van der Waals surface area contributed by atoms with E-state index in [9.17, 15) is 21.6 Å². The van der Waals surface area contributed by atoms with Gasteiger partial charge in [0.1, 0.15) is 0 Å². The van der Waals surface area contributed by atoms with E-state index >= 15 is 0 Å². The molecule has 0 aliphatic heterocycles. The van der Waals surface area contributed by atoms with Gasteiger partial charge in [-0.1, -0.05) is 12.5 Å². The van der Waals surface area contributed by atoms with Crippen LogP contribution in [-0.2, 0) is 20.0 Å². The van der Waals surface area contributed by atoms with E-state index in [1.807, 2.05) is 0 Å². The van der Waals surface area contributed by atoms with Crippen LogP contribution in [0.2, 0.25) is 0 Å². The van der Waals surface area contributed by atoms with Crippen LogP contribution in [0.25, 0.3) is 0 Å². The Hall–Kier alpha value is -2.24. The number of nitrogens with one attached hydrogen (secondary N) is 1. The Morgan fingerprint density at radius 1 is 1.26 bits per heavy atom. The maximum atomic E-state index is 12.6. The van der Waals surface area contributed by atoms with E-state index in [2.05, 4.69) is 10.3 Å². The molecule has 0 saturated carbocycles. The van der Waals surface area contributed by atoms with Gasteiger partial charge in [0, 0.05) is 11.6 Å². The quantitative estimate of drug-likeness (QED) is 0.671. The lowest BCUT2D eigenvalue weighted by Gasteiger charge is -2.11. The Labute approximate surface area is 161 Å². The molecule has 8 nitrogen and oxygen atoms in total. The van der Waals surface area contributed by atoms with E-state index in [1.165, 1.54) is 19.2 Å². The molecule has 146 valence electrons. The molecule has 1 aromatic heterocycles. The van der Waals surface area contributed by atoms with Crippen LogP contribution in [0, 0.1) is 0 Å². The van der Waals surface area contributed by atoms with Crippen molar-refractivity contribution in [1.29, 1.82) is 0 Å². The molecule has 1 heterocycles. The van der Waals surface area contributed by atoms with Gasteiger partial charge in [-0.2, -0.15) is 8.42 Å². The molecule has 2 rings (SSSR count). The van der Waals surface area contributed by atoms with Gasteiger partial charge in [0.15, 0.2) is 20.7 Å². The van der Waals surface area contributed by atoms with Gasteiger partial charge in [-0.3, -0.25) is 10.1 Å². The molecular weight excluding hydrogens is 412 g/mol. The second-order valence-corrected chi connectivity index (χ2v) is 10.2. The number of aromatic nitrogens is 1. The lowest BCUT2D eigenvalue weighted by molar-refractivity contribution is 0.102. The van der Waals surface area contributed by atoms with Gasteiger partial charge in [-0.15, -0.1) is 11.3 Å². The second-order valence-electron chi connectivity index (χ2n) is 5.62. The van der Waals surface area contributed by atoms with Gasteiger partial charge in [0.25, 0.3) is 5.91 Å². The number of hydrogen-bond acceptors (Lipinski definition) is 8. The molecule has 0 bridgehead atoms. The van der Waals surface area contributed by atoms with Crippen LogP contribution in [0.15, 0.2) is 45.7 Å².